The summed E-state index contributed by atoms with van der Waals surface area (Å²) >= 11 is 4.87. The van der Waals surface area contributed by atoms with Gasteiger partial charge in [-0.25, -0.2) is 0 Å². The highest BCUT2D eigenvalue weighted by Gasteiger charge is 2.00. The highest BCUT2D eigenvalue weighted by Crippen LogP contribution is 1.94. The topological polar surface area (TPSA) is 39.1 Å². The minimum absolute atomic E-state index is 0.473. The fourth-order valence-corrected chi connectivity index (χ4v) is 0.629. The molecule has 0 aromatic rings. The molecule has 11 heavy (non-hydrogen) atoms. The van der Waals surface area contributed by atoms with Crippen LogP contribution in [0.1, 0.15) is 0 Å². The molecule has 0 amide bonds. The van der Waals surface area contributed by atoms with E-state index in [1.54, 1.807) is 18.1 Å². The zero-order valence-corrected chi connectivity index (χ0v) is 7.70. The average Bonchev–Trinajstić information content (AvgIpc) is 1.98. The van der Waals surface area contributed by atoms with Gasteiger partial charge in [-0.2, -0.15) is 5.26 Å². The molecule has 0 rings (SSSR count). The Kier molecular flexibility index (Phi) is 4.23. The zero-order valence-electron chi connectivity index (χ0n) is 6.88. The van der Waals surface area contributed by atoms with Crippen molar-refractivity contribution in [3.8, 4) is 6.07 Å². The Hall–Kier alpha value is -1.08. The Morgan fingerprint density at radius 2 is 2.18 bits per heavy atom. The Morgan fingerprint density at radius 3 is 2.45 bits per heavy atom. The number of hydrogen-bond acceptors (Lipinski definition) is 3. The van der Waals surface area contributed by atoms with Gasteiger partial charge in [-0.1, -0.05) is 12.2 Å². The van der Waals surface area contributed by atoms with Gasteiger partial charge in [0.25, 0.3) is 0 Å². The smallest absolute Gasteiger partial charge is 0.118 e. The first-order valence-corrected chi connectivity index (χ1v) is 3.53. The van der Waals surface area contributed by atoms with E-state index in [4.69, 9.17) is 17.5 Å². The third kappa shape index (κ3) is 3.58. The van der Waals surface area contributed by atoms with E-state index in [-0.39, 0.29) is 0 Å². The van der Waals surface area contributed by atoms with Crippen LogP contribution in [0.3, 0.4) is 0 Å². The van der Waals surface area contributed by atoms with Crippen molar-refractivity contribution in [2.75, 3.05) is 21.1 Å². The molecule has 0 spiro atoms. The summed E-state index contributed by atoms with van der Waals surface area (Å²) in [7, 11) is 5.38. The maximum Gasteiger partial charge on any atom is 0.118 e. The summed E-state index contributed by atoms with van der Waals surface area (Å²) in [6, 6.07) is 2.00. The van der Waals surface area contributed by atoms with E-state index in [1.807, 2.05) is 20.2 Å². The number of thiocarbonyl (C=S) groups is 1. The maximum atomic E-state index is 8.60. The SMILES string of the molecule is CNC(=S)C(C#N)=CN(C)C. The van der Waals surface area contributed by atoms with Gasteiger partial charge in [-0.15, -0.1) is 0 Å². The molecular weight excluding hydrogens is 158 g/mol. The molecule has 60 valence electrons. The van der Waals surface area contributed by atoms with Crippen LogP contribution in [0.25, 0.3) is 0 Å². The predicted molar refractivity (Wildman–Crippen MR) is 49.0 cm³/mol. The molecule has 0 radical (unpaired) electrons. The van der Waals surface area contributed by atoms with Crippen molar-refractivity contribution in [2.45, 2.75) is 0 Å². The molecule has 0 heterocycles. The Morgan fingerprint density at radius 1 is 1.64 bits per heavy atom. The van der Waals surface area contributed by atoms with Crippen LogP contribution in [0.4, 0.5) is 0 Å². The standard InChI is InChI=1S/C7H11N3S/c1-9-7(11)6(4-8)5-10(2)3/h5H,1-3H3,(H,9,11). The molecule has 3 nitrogen and oxygen atoms in total. The molecule has 0 aliphatic carbocycles. The van der Waals surface area contributed by atoms with Gasteiger partial charge in [0.1, 0.15) is 16.6 Å². The second-order valence-corrected chi connectivity index (χ2v) is 2.61. The predicted octanol–water partition coefficient (Wildman–Crippen LogP) is 0.502. The quantitative estimate of drug-likeness (QED) is 0.371. The van der Waals surface area contributed by atoms with Gasteiger partial charge in [0.05, 0.1) is 0 Å². The third-order valence-corrected chi connectivity index (χ3v) is 1.40. The molecule has 0 fully saturated rings. The third-order valence-electron chi connectivity index (χ3n) is 0.979. The van der Waals surface area contributed by atoms with Crippen LogP contribution in [-0.4, -0.2) is 31.0 Å². The van der Waals surface area contributed by atoms with Crippen molar-refractivity contribution >= 4 is 17.2 Å². The van der Waals surface area contributed by atoms with Gasteiger partial charge in [-0.3, -0.25) is 0 Å². The molecule has 0 saturated carbocycles. The fraction of sp³-hybridized carbons (Fsp3) is 0.429. The van der Waals surface area contributed by atoms with Crippen molar-refractivity contribution in [1.29, 1.82) is 5.26 Å². The second kappa shape index (κ2) is 4.69. The van der Waals surface area contributed by atoms with Crippen LogP contribution in [0, 0.1) is 11.3 Å². The van der Waals surface area contributed by atoms with Crippen LogP contribution in [0.15, 0.2) is 11.8 Å². The van der Waals surface area contributed by atoms with Crippen molar-refractivity contribution in [1.82, 2.24) is 10.2 Å². The summed E-state index contributed by atoms with van der Waals surface area (Å²) in [5.74, 6) is 0. The maximum absolute atomic E-state index is 8.60. The van der Waals surface area contributed by atoms with E-state index in [1.165, 1.54) is 0 Å². The first-order chi connectivity index (χ1) is 5.11. The van der Waals surface area contributed by atoms with E-state index in [2.05, 4.69) is 5.32 Å². The highest BCUT2D eigenvalue weighted by molar-refractivity contribution is 7.80. The minimum Gasteiger partial charge on any atom is -0.382 e. The molecule has 4 heteroatoms. The van der Waals surface area contributed by atoms with E-state index in [0.29, 0.717) is 10.6 Å². The Labute approximate surface area is 72.3 Å². The number of rotatable bonds is 2. The number of likely N-dealkylation sites (N-methyl/N-ethyl adjacent to an activating group) is 1. The van der Waals surface area contributed by atoms with Crippen molar-refractivity contribution in [3.63, 3.8) is 0 Å². The average molecular weight is 169 g/mol. The molecule has 1 N–H and O–H groups in total. The lowest BCUT2D eigenvalue weighted by molar-refractivity contribution is 0.562. The molecule has 0 aliphatic rings. The van der Waals surface area contributed by atoms with Crippen molar-refractivity contribution < 1.29 is 0 Å². The van der Waals surface area contributed by atoms with Crippen LogP contribution < -0.4 is 5.32 Å². The van der Waals surface area contributed by atoms with Crippen LogP contribution in [0.2, 0.25) is 0 Å². The number of nitriles is 1. The fourth-order valence-electron chi connectivity index (χ4n) is 0.531. The summed E-state index contributed by atoms with van der Waals surface area (Å²) in [5, 5.41) is 11.3. The van der Waals surface area contributed by atoms with Crippen LogP contribution in [-0.2, 0) is 0 Å². The molecule has 0 bridgehead atoms. The van der Waals surface area contributed by atoms with Gasteiger partial charge in [0, 0.05) is 27.3 Å². The minimum atomic E-state index is 0.473. The lowest BCUT2D eigenvalue weighted by atomic mass is 10.3. The van der Waals surface area contributed by atoms with Gasteiger partial charge in [0.15, 0.2) is 0 Å². The molecular formula is C7H11N3S. The normalized spacial score (nSPS) is 10.2. The molecule has 0 atom stereocenters. The van der Waals surface area contributed by atoms with Gasteiger partial charge in [-0.05, 0) is 0 Å². The number of hydrogen-bond donors (Lipinski definition) is 1. The number of nitrogens with zero attached hydrogens (tertiary/aromatic N) is 2. The molecule has 0 unspecified atom stereocenters. The molecule has 0 aromatic carbocycles. The van der Waals surface area contributed by atoms with Crippen molar-refractivity contribution in [2.24, 2.45) is 0 Å². The zero-order chi connectivity index (χ0) is 8.85. The van der Waals surface area contributed by atoms with Gasteiger partial charge >= 0.3 is 0 Å². The molecule has 0 saturated heterocycles. The van der Waals surface area contributed by atoms with Crippen molar-refractivity contribution in [3.05, 3.63) is 11.8 Å². The van der Waals surface area contributed by atoms with E-state index in [0.717, 1.165) is 0 Å². The van der Waals surface area contributed by atoms with E-state index >= 15 is 0 Å². The highest BCUT2D eigenvalue weighted by atomic mass is 32.1. The summed E-state index contributed by atoms with van der Waals surface area (Å²) in [4.78, 5) is 2.25. The van der Waals surface area contributed by atoms with E-state index in [9.17, 15) is 0 Å². The van der Waals surface area contributed by atoms with Gasteiger partial charge < -0.3 is 10.2 Å². The first kappa shape index (κ1) is 9.92. The lowest BCUT2D eigenvalue weighted by Gasteiger charge is -2.06. The van der Waals surface area contributed by atoms with E-state index < -0.39 is 0 Å². The lowest BCUT2D eigenvalue weighted by Crippen LogP contribution is -2.18. The Bertz CT molecular complexity index is 212. The first-order valence-electron chi connectivity index (χ1n) is 3.12. The number of nitrogens with one attached hydrogen (secondary N) is 1. The van der Waals surface area contributed by atoms with Gasteiger partial charge in [0.2, 0.25) is 0 Å². The summed E-state index contributed by atoms with van der Waals surface area (Å²) in [6.45, 7) is 0. The summed E-state index contributed by atoms with van der Waals surface area (Å²) in [5.41, 5.74) is 0.479. The Balaban J connectivity index is 4.43. The van der Waals surface area contributed by atoms with Crippen LogP contribution in [0.5, 0.6) is 0 Å². The molecule has 0 aliphatic heterocycles. The summed E-state index contributed by atoms with van der Waals surface area (Å²) < 4.78 is 0. The second-order valence-electron chi connectivity index (χ2n) is 2.20. The van der Waals surface area contributed by atoms with Crippen LogP contribution >= 0.6 is 12.2 Å². The monoisotopic (exact) mass is 169 g/mol. The largest absolute Gasteiger partial charge is 0.382 e. The summed E-state index contributed by atoms with van der Waals surface area (Å²) in [6.07, 6.45) is 1.68. The molecule has 0 aromatic heterocycles.